The van der Waals surface area contributed by atoms with Gasteiger partial charge in [-0.2, -0.15) is 0 Å². The largest absolute Gasteiger partial charge is 0.481 e. The molecule has 34 heavy (non-hydrogen) atoms. The number of aliphatic carboxylic acids is 1. The Labute approximate surface area is 196 Å². The normalized spacial score (nSPS) is 19.1. The first-order valence-electron chi connectivity index (χ1n) is 11.1. The molecule has 4 N–H and O–H groups in total. The van der Waals surface area contributed by atoms with Crippen LogP contribution in [0, 0.1) is 11.3 Å². The monoisotopic (exact) mass is 465 g/mol. The second-order valence-corrected chi connectivity index (χ2v) is 9.20. The summed E-state index contributed by atoms with van der Waals surface area (Å²) >= 11 is 0. The van der Waals surface area contributed by atoms with Gasteiger partial charge in [-0.1, -0.05) is 48.5 Å². The Balaban J connectivity index is 1.33. The third-order valence-corrected chi connectivity index (χ3v) is 6.42. The van der Waals surface area contributed by atoms with Gasteiger partial charge in [0.1, 0.15) is 18.6 Å². The minimum absolute atomic E-state index is 0.0441. The van der Waals surface area contributed by atoms with Crippen LogP contribution >= 0.6 is 0 Å². The highest BCUT2D eigenvalue weighted by Crippen LogP contribution is 2.44. The van der Waals surface area contributed by atoms with Crippen LogP contribution in [0.2, 0.25) is 0 Å². The molecule has 2 aromatic rings. The van der Waals surface area contributed by atoms with E-state index in [4.69, 9.17) is 4.74 Å². The van der Waals surface area contributed by atoms with Gasteiger partial charge in [0.15, 0.2) is 0 Å². The maximum atomic E-state index is 12.7. The van der Waals surface area contributed by atoms with Crippen molar-refractivity contribution in [2.75, 3.05) is 19.7 Å². The van der Waals surface area contributed by atoms with Crippen LogP contribution in [0.5, 0.6) is 0 Å². The summed E-state index contributed by atoms with van der Waals surface area (Å²) in [6.07, 6.45) is -0.662. The van der Waals surface area contributed by atoms with Crippen molar-refractivity contribution in [3.63, 3.8) is 0 Å². The van der Waals surface area contributed by atoms with Gasteiger partial charge in [-0.25, -0.2) is 4.79 Å². The number of carboxylic acid groups (broad SMARTS) is 1. The van der Waals surface area contributed by atoms with Crippen LogP contribution in [-0.4, -0.2) is 54.7 Å². The molecule has 4 rings (SSSR count). The van der Waals surface area contributed by atoms with Crippen molar-refractivity contribution in [2.24, 2.45) is 11.3 Å². The van der Waals surface area contributed by atoms with Crippen LogP contribution in [0.15, 0.2) is 48.5 Å². The predicted molar refractivity (Wildman–Crippen MR) is 123 cm³/mol. The molecule has 2 atom stereocenters. The highest BCUT2D eigenvalue weighted by Gasteiger charge is 2.42. The van der Waals surface area contributed by atoms with E-state index in [0.717, 1.165) is 22.3 Å². The zero-order valence-electron chi connectivity index (χ0n) is 19.0. The number of hydrogen-bond donors (Lipinski definition) is 4. The third kappa shape index (κ3) is 4.46. The van der Waals surface area contributed by atoms with Crippen LogP contribution in [-0.2, 0) is 19.1 Å². The maximum absolute atomic E-state index is 12.7. The van der Waals surface area contributed by atoms with E-state index in [9.17, 15) is 24.3 Å². The first kappa shape index (κ1) is 23.3. The second-order valence-electron chi connectivity index (χ2n) is 9.20. The fourth-order valence-corrected chi connectivity index (χ4v) is 4.38. The standard InChI is InChI=1S/C25H27N3O6/c1-25(2,23(32)28-20-18(22(30)31)11-26-21(20)29)13-27-24(33)34-12-19-16-9-5-3-7-14(16)15-8-4-6-10-17(15)19/h3-10,18-20H,11-13H2,1-2H3,(H,26,29)(H,27,33)(H,28,32)(H,30,31). The van der Waals surface area contributed by atoms with Gasteiger partial charge in [-0.15, -0.1) is 0 Å². The molecule has 9 heteroatoms. The number of hydrogen-bond acceptors (Lipinski definition) is 5. The predicted octanol–water partition coefficient (Wildman–Crippen LogP) is 1.87. The summed E-state index contributed by atoms with van der Waals surface area (Å²) < 4.78 is 5.49. The lowest BCUT2D eigenvalue weighted by atomic mass is 9.91. The summed E-state index contributed by atoms with van der Waals surface area (Å²) in [6, 6.07) is 14.9. The highest BCUT2D eigenvalue weighted by molar-refractivity contribution is 5.95. The van der Waals surface area contributed by atoms with Gasteiger partial charge in [0, 0.05) is 19.0 Å². The Hall–Kier alpha value is -3.88. The topological polar surface area (TPSA) is 134 Å². The van der Waals surface area contributed by atoms with E-state index in [1.807, 2.05) is 36.4 Å². The molecule has 9 nitrogen and oxygen atoms in total. The van der Waals surface area contributed by atoms with Crippen molar-refractivity contribution in [1.82, 2.24) is 16.0 Å². The molecule has 2 aromatic carbocycles. The zero-order valence-corrected chi connectivity index (χ0v) is 19.0. The van der Waals surface area contributed by atoms with E-state index >= 15 is 0 Å². The van der Waals surface area contributed by atoms with Crippen LogP contribution < -0.4 is 16.0 Å². The van der Waals surface area contributed by atoms with E-state index in [1.54, 1.807) is 13.8 Å². The number of nitrogens with one attached hydrogen (secondary N) is 3. The van der Waals surface area contributed by atoms with Gasteiger partial charge in [0.2, 0.25) is 11.8 Å². The molecule has 1 aliphatic carbocycles. The van der Waals surface area contributed by atoms with Crippen molar-refractivity contribution in [1.29, 1.82) is 0 Å². The van der Waals surface area contributed by atoms with Gasteiger partial charge in [0.25, 0.3) is 0 Å². The molecule has 178 valence electrons. The highest BCUT2D eigenvalue weighted by atomic mass is 16.5. The average molecular weight is 466 g/mol. The SMILES string of the molecule is CC(C)(CNC(=O)OCC1c2ccccc2-c2ccccc21)C(=O)NC1C(=O)NCC1C(=O)O. The molecule has 0 aromatic heterocycles. The molecule has 2 aliphatic rings. The lowest BCUT2D eigenvalue weighted by Gasteiger charge is -2.26. The van der Waals surface area contributed by atoms with Crippen molar-refractivity contribution >= 4 is 23.9 Å². The van der Waals surface area contributed by atoms with Crippen LogP contribution in [0.1, 0.15) is 30.9 Å². The number of carbonyl (C=O) groups excluding carboxylic acids is 3. The Morgan fingerprint density at radius 1 is 1.06 bits per heavy atom. The van der Waals surface area contributed by atoms with Crippen molar-refractivity contribution < 1.29 is 29.0 Å². The minimum atomic E-state index is -1.17. The Kier molecular flexibility index (Phi) is 6.28. The minimum Gasteiger partial charge on any atom is -0.481 e. The molecule has 0 saturated carbocycles. The molecule has 1 heterocycles. The third-order valence-electron chi connectivity index (χ3n) is 6.42. The molecule has 0 radical (unpaired) electrons. The summed E-state index contributed by atoms with van der Waals surface area (Å²) in [4.78, 5) is 48.4. The van der Waals surface area contributed by atoms with Gasteiger partial charge in [-0.05, 0) is 36.1 Å². The van der Waals surface area contributed by atoms with Crippen molar-refractivity contribution in [3.05, 3.63) is 59.7 Å². The molecule has 1 aliphatic heterocycles. The van der Waals surface area contributed by atoms with Crippen LogP contribution in [0.4, 0.5) is 4.79 Å². The molecule has 0 bridgehead atoms. The molecule has 2 unspecified atom stereocenters. The van der Waals surface area contributed by atoms with E-state index in [0.29, 0.717) is 0 Å². The van der Waals surface area contributed by atoms with Crippen molar-refractivity contribution in [3.8, 4) is 11.1 Å². The summed E-state index contributed by atoms with van der Waals surface area (Å²) in [5.41, 5.74) is 3.34. The number of fused-ring (bicyclic) bond motifs is 3. The molecule has 3 amide bonds. The summed E-state index contributed by atoms with van der Waals surface area (Å²) in [5.74, 6) is -3.37. The average Bonchev–Trinajstić information content (AvgIpc) is 3.34. The van der Waals surface area contributed by atoms with Gasteiger partial charge >= 0.3 is 12.1 Å². The quantitative estimate of drug-likeness (QED) is 0.493. The Morgan fingerprint density at radius 3 is 2.24 bits per heavy atom. The number of amides is 3. The molecule has 1 saturated heterocycles. The van der Waals surface area contributed by atoms with Crippen LogP contribution in [0.25, 0.3) is 11.1 Å². The molecular weight excluding hydrogens is 438 g/mol. The van der Waals surface area contributed by atoms with E-state index < -0.39 is 41.3 Å². The smallest absolute Gasteiger partial charge is 0.407 e. The maximum Gasteiger partial charge on any atom is 0.407 e. The fourth-order valence-electron chi connectivity index (χ4n) is 4.38. The summed E-state index contributed by atoms with van der Waals surface area (Å²) in [5, 5.41) is 16.8. The second kappa shape index (κ2) is 9.17. The van der Waals surface area contributed by atoms with Crippen LogP contribution in [0.3, 0.4) is 0 Å². The zero-order chi connectivity index (χ0) is 24.5. The van der Waals surface area contributed by atoms with Gasteiger partial charge in [-0.3, -0.25) is 14.4 Å². The van der Waals surface area contributed by atoms with E-state index in [-0.39, 0.29) is 25.6 Å². The first-order valence-corrected chi connectivity index (χ1v) is 11.1. The first-order chi connectivity index (χ1) is 16.2. The van der Waals surface area contributed by atoms with Crippen molar-refractivity contribution in [2.45, 2.75) is 25.8 Å². The molecule has 0 spiro atoms. The molecule has 1 fully saturated rings. The van der Waals surface area contributed by atoms with E-state index in [2.05, 4.69) is 28.1 Å². The summed E-state index contributed by atoms with van der Waals surface area (Å²) in [6.45, 7) is 3.23. The lowest BCUT2D eigenvalue weighted by Crippen LogP contribution is -2.52. The van der Waals surface area contributed by atoms with Gasteiger partial charge in [0.05, 0.1) is 5.41 Å². The number of benzene rings is 2. The Bertz CT molecular complexity index is 1100. The Morgan fingerprint density at radius 2 is 1.65 bits per heavy atom. The fraction of sp³-hybridized carbons (Fsp3) is 0.360. The number of ether oxygens (including phenoxy) is 1. The summed E-state index contributed by atoms with van der Waals surface area (Å²) in [7, 11) is 0. The molecular formula is C25H27N3O6. The van der Waals surface area contributed by atoms with E-state index in [1.165, 1.54) is 0 Å². The number of carboxylic acids is 1. The lowest BCUT2D eigenvalue weighted by molar-refractivity contribution is -0.143. The number of carbonyl (C=O) groups is 4. The van der Waals surface area contributed by atoms with Gasteiger partial charge < -0.3 is 25.8 Å². The number of alkyl carbamates (subject to hydrolysis) is 1. The number of rotatable bonds is 7.